The lowest BCUT2D eigenvalue weighted by atomic mass is 9.94. The van der Waals surface area contributed by atoms with Crippen molar-refractivity contribution >= 4 is 34.7 Å². The first-order chi connectivity index (χ1) is 17.7. The van der Waals surface area contributed by atoms with E-state index in [9.17, 15) is 14.7 Å². The fourth-order valence-corrected chi connectivity index (χ4v) is 5.16. The van der Waals surface area contributed by atoms with Crippen molar-refractivity contribution < 1.29 is 19.4 Å². The topological polar surface area (TPSA) is 70.1 Å². The molecule has 0 aromatic heterocycles. The number of carbonyl (C=O) groups excluding carboxylic acids is 2. The molecule has 0 saturated carbocycles. The number of fused-ring (bicyclic) bond motifs is 1. The number of Topliss-reactive ketones (excluding diaryl/α,β-unsaturated/α-hetero) is 1. The molecule has 3 aromatic rings. The second kappa shape index (κ2) is 9.94. The van der Waals surface area contributed by atoms with Gasteiger partial charge in [-0.2, -0.15) is 0 Å². The molecule has 1 amide bonds. The first-order valence-electron chi connectivity index (χ1n) is 12.3. The van der Waals surface area contributed by atoms with E-state index in [1.807, 2.05) is 74.4 Å². The Morgan fingerprint density at radius 3 is 2.43 bits per heavy atom. The van der Waals surface area contributed by atoms with E-state index in [1.165, 1.54) is 0 Å². The zero-order valence-electron chi connectivity index (χ0n) is 21.1. The molecule has 0 radical (unpaired) electrons. The van der Waals surface area contributed by atoms with E-state index in [0.717, 1.165) is 34.5 Å². The molecule has 0 bridgehead atoms. The number of hydrogen-bond donors (Lipinski definition) is 1. The van der Waals surface area contributed by atoms with Crippen LogP contribution in [0.15, 0.2) is 72.3 Å². The summed E-state index contributed by atoms with van der Waals surface area (Å²) in [6, 6.07) is 19.8. The van der Waals surface area contributed by atoms with Gasteiger partial charge in [0.1, 0.15) is 17.6 Å². The average molecular weight is 517 g/mol. The van der Waals surface area contributed by atoms with Crippen LogP contribution in [0.1, 0.15) is 35.2 Å². The summed E-state index contributed by atoms with van der Waals surface area (Å²) < 4.78 is 5.79. The van der Waals surface area contributed by atoms with Gasteiger partial charge in [0.25, 0.3) is 11.7 Å². The Hall–Kier alpha value is -3.77. The van der Waals surface area contributed by atoms with E-state index in [-0.39, 0.29) is 17.4 Å². The number of nitrogens with zero attached hydrogens (tertiary/aromatic N) is 2. The number of carbonyl (C=O) groups is 2. The second-order valence-corrected chi connectivity index (χ2v) is 10.2. The number of hydrogen-bond acceptors (Lipinski definition) is 5. The maximum atomic E-state index is 13.4. The monoisotopic (exact) mass is 516 g/mol. The van der Waals surface area contributed by atoms with Gasteiger partial charge in [-0.15, -0.1) is 0 Å². The molecule has 1 N–H and O–H groups in total. The van der Waals surface area contributed by atoms with Crippen LogP contribution >= 0.6 is 11.6 Å². The molecule has 3 aromatic carbocycles. The summed E-state index contributed by atoms with van der Waals surface area (Å²) in [5.74, 6) is -0.685. The first kappa shape index (κ1) is 24.9. The van der Waals surface area contributed by atoms with Gasteiger partial charge in [0.15, 0.2) is 0 Å². The molecule has 2 atom stereocenters. The van der Waals surface area contributed by atoms with E-state index in [1.54, 1.807) is 23.1 Å². The molecule has 2 aliphatic heterocycles. The lowest BCUT2D eigenvalue weighted by Gasteiger charge is -2.26. The van der Waals surface area contributed by atoms with Crippen LogP contribution in [0.5, 0.6) is 5.75 Å². The summed E-state index contributed by atoms with van der Waals surface area (Å²) in [4.78, 5) is 30.2. The van der Waals surface area contributed by atoms with E-state index in [0.29, 0.717) is 23.6 Å². The minimum Gasteiger partial charge on any atom is -0.507 e. The van der Waals surface area contributed by atoms with Crippen LogP contribution in [-0.2, 0) is 22.4 Å². The van der Waals surface area contributed by atoms with Crippen LogP contribution in [0.2, 0.25) is 5.02 Å². The lowest BCUT2D eigenvalue weighted by Crippen LogP contribution is -2.31. The van der Waals surface area contributed by atoms with Crippen molar-refractivity contribution in [2.45, 2.75) is 31.9 Å². The third-order valence-corrected chi connectivity index (χ3v) is 7.24. The maximum absolute atomic E-state index is 13.4. The van der Waals surface area contributed by atoms with Crippen LogP contribution in [0.3, 0.4) is 0 Å². The van der Waals surface area contributed by atoms with Gasteiger partial charge in [-0.05, 0) is 72.5 Å². The zero-order valence-corrected chi connectivity index (χ0v) is 21.8. The number of anilines is 1. The second-order valence-electron chi connectivity index (χ2n) is 9.81. The molecule has 0 spiro atoms. The number of aliphatic hydroxyl groups excluding tert-OH is 1. The highest BCUT2D eigenvalue weighted by molar-refractivity contribution is 6.46. The molecule has 2 unspecified atom stereocenters. The van der Waals surface area contributed by atoms with Gasteiger partial charge < -0.3 is 19.6 Å². The normalized spacial score (nSPS) is 20.2. The maximum Gasteiger partial charge on any atom is 0.295 e. The highest BCUT2D eigenvalue weighted by Crippen LogP contribution is 2.41. The van der Waals surface area contributed by atoms with Gasteiger partial charge in [0, 0.05) is 43.3 Å². The van der Waals surface area contributed by atoms with Crippen LogP contribution in [0.25, 0.3) is 5.76 Å². The molecule has 6 nitrogen and oxygen atoms in total. The van der Waals surface area contributed by atoms with Gasteiger partial charge in [0.2, 0.25) is 0 Å². The minimum absolute atomic E-state index is 0.0565. The molecule has 2 aliphatic rings. The van der Waals surface area contributed by atoms with Crippen molar-refractivity contribution in [3.63, 3.8) is 0 Å². The predicted molar refractivity (Wildman–Crippen MR) is 145 cm³/mol. The summed E-state index contributed by atoms with van der Waals surface area (Å²) in [6.07, 6.45) is 1.33. The molecule has 1 fully saturated rings. The molecule has 7 heteroatoms. The van der Waals surface area contributed by atoms with E-state index < -0.39 is 17.7 Å². The quantitative estimate of drug-likeness (QED) is 0.270. The Bertz CT molecular complexity index is 1380. The Morgan fingerprint density at radius 1 is 1.05 bits per heavy atom. The zero-order chi connectivity index (χ0) is 26.3. The van der Waals surface area contributed by atoms with Crippen LogP contribution in [0.4, 0.5) is 5.69 Å². The number of ether oxygens (including phenoxy) is 1. The van der Waals surface area contributed by atoms with Crippen molar-refractivity contribution in [3.05, 3.63) is 99.6 Å². The third-order valence-electron chi connectivity index (χ3n) is 6.99. The van der Waals surface area contributed by atoms with Crippen LogP contribution in [-0.4, -0.2) is 48.4 Å². The number of amides is 1. The van der Waals surface area contributed by atoms with Crippen molar-refractivity contribution in [1.29, 1.82) is 0 Å². The highest BCUT2D eigenvalue weighted by Gasteiger charge is 2.46. The van der Waals surface area contributed by atoms with Gasteiger partial charge in [-0.1, -0.05) is 35.9 Å². The molecular weight excluding hydrogens is 488 g/mol. The van der Waals surface area contributed by atoms with Gasteiger partial charge in [0.05, 0.1) is 11.6 Å². The van der Waals surface area contributed by atoms with Crippen molar-refractivity contribution in [1.82, 2.24) is 4.90 Å². The lowest BCUT2D eigenvalue weighted by molar-refractivity contribution is -0.139. The van der Waals surface area contributed by atoms with E-state index >= 15 is 0 Å². The number of halogens is 1. The number of benzene rings is 3. The number of ketones is 1. The average Bonchev–Trinajstić information content (AvgIpc) is 3.38. The molecule has 0 aliphatic carbocycles. The Morgan fingerprint density at radius 2 is 1.76 bits per heavy atom. The Kier molecular flexibility index (Phi) is 6.69. The molecule has 37 heavy (non-hydrogen) atoms. The van der Waals surface area contributed by atoms with Gasteiger partial charge in [-0.25, -0.2) is 0 Å². The SMILES string of the molecule is CC1Cc2cc(/C(O)=C3/C(=O)C(=O)N(CCc4ccc(Cl)cc4)C3c3ccc(N(C)C)cc3)ccc2O1. The summed E-state index contributed by atoms with van der Waals surface area (Å²) >= 11 is 6.02. The minimum atomic E-state index is -0.702. The molecule has 2 heterocycles. The Balaban J connectivity index is 1.56. The number of likely N-dealkylation sites (tertiary alicyclic amines) is 1. The summed E-state index contributed by atoms with van der Waals surface area (Å²) in [6.45, 7) is 2.31. The van der Waals surface area contributed by atoms with Crippen molar-refractivity contribution in [2.75, 3.05) is 25.5 Å². The predicted octanol–water partition coefficient (Wildman–Crippen LogP) is 5.39. The highest BCUT2D eigenvalue weighted by atomic mass is 35.5. The molecule has 5 rings (SSSR count). The fraction of sp³-hybridized carbons (Fsp3) is 0.267. The van der Waals surface area contributed by atoms with Gasteiger partial charge in [-0.3, -0.25) is 9.59 Å². The molecule has 190 valence electrons. The summed E-state index contributed by atoms with van der Waals surface area (Å²) in [5, 5.41) is 12.1. The largest absolute Gasteiger partial charge is 0.507 e. The molecule has 1 saturated heterocycles. The van der Waals surface area contributed by atoms with Crippen molar-refractivity contribution in [2.24, 2.45) is 0 Å². The van der Waals surface area contributed by atoms with E-state index in [4.69, 9.17) is 16.3 Å². The summed E-state index contributed by atoms with van der Waals surface area (Å²) in [7, 11) is 3.90. The smallest absolute Gasteiger partial charge is 0.295 e. The molecular formula is C30H29ClN2O4. The standard InChI is InChI=1S/C30H29ClN2O4/c1-18-16-22-17-21(8-13-25(22)37-18)28(34)26-27(20-6-11-24(12-7-20)32(2)3)33(30(36)29(26)35)15-14-19-4-9-23(31)10-5-19/h4-13,17-18,27,34H,14-16H2,1-3H3/b28-26-. The van der Waals surface area contributed by atoms with Crippen LogP contribution < -0.4 is 9.64 Å². The number of aliphatic hydroxyl groups is 1. The van der Waals surface area contributed by atoms with E-state index in [2.05, 4.69) is 0 Å². The van der Waals surface area contributed by atoms with Crippen LogP contribution in [0, 0.1) is 0 Å². The fourth-order valence-electron chi connectivity index (χ4n) is 5.04. The Labute approximate surface area is 221 Å². The first-order valence-corrected chi connectivity index (χ1v) is 12.7. The number of rotatable bonds is 6. The third kappa shape index (κ3) is 4.81. The van der Waals surface area contributed by atoms with Crippen molar-refractivity contribution in [3.8, 4) is 5.75 Å². The summed E-state index contributed by atoms with van der Waals surface area (Å²) in [5.41, 5.74) is 4.34. The van der Waals surface area contributed by atoms with Gasteiger partial charge >= 0.3 is 0 Å².